The zero-order valence-corrected chi connectivity index (χ0v) is 10.3. The van der Waals surface area contributed by atoms with Gasteiger partial charge in [0.2, 0.25) is 0 Å². The van der Waals surface area contributed by atoms with Gasteiger partial charge in [-0.15, -0.1) is 0 Å². The highest BCUT2D eigenvalue weighted by Gasteiger charge is 2.03. The lowest BCUT2D eigenvalue weighted by Gasteiger charge is -2.07. The third kappa shape index (κ3) is 2.41. The molecule has 5 heteroatoms. The van der Waals surface area contributed by atoms with E-state index in [1.807, 2.05) is 6.92 Å². The Morgan fingerprint density at radius 3 is 3.00 bits per heavy atom. The number of aromatic amines is 1. The Kier molecular flexibility index (Phi) is 3.24. The summed E-state index contributed by atoms with van der Waals surface area (Å²) in [4.78, 5) is 0. The van der Waals surface area contributed by atoms with Gasteiger partial charge < -0.3 is 5.32 Å². The third-order valence-corrected chi connectivity index (χ3v) is 3.02. The molecule has 0 fully saturated rings. The molecule has 0 bridgehead atoms. The van der Waals surface area contributed by atoms with E-state index in [1.165, 1.54) is 12.1 Å². The fourth-order valence-electron chi connectivity index (χ4n) is 1.38. The van der Waals surface area contributed by atoms with Crippen molar-refractivity contribution in [2.24, 2.45) is 0 Å². The molecule has 84 valence electrons. The molecule has 0 saturated carbocycles. The van der Waals surface area contributed by atoms with Gasteiger partial charge in [-0.1, -0.05) is 0 Å². The predicted molar refractivity (Wildman–Crippen MR) is 64.8 cm³/mol. The van der Waals surface area contributed by atoms with Gasteiger partial charge >= 0.3 is 0 Å². The number of nitrogens with one attached hydrogen (secondary N) is 2. The minimum atomic E-state index is -0.255. The van der Waals surface area contributed by atoms with Crippen LogP contribution in [0.5, 0.6) is 0 Å². The van der Waals surface area contributed by atoms with Crippen molar-refractivity contribution in [1.29, 1.82) is 0 Å². The lowest BCUT2D eigenvalue weighted by Crippen LogP contribution is -2.00. The summed E-state index contributed by atoms with van der Waals surface area (Å²) in [5.74, 6) is -0.255. The van der Waals surface area contributed by atoms with Crippen molar-refractivity contribution in [3.63, 3.8) is 0 Å². The Morgan fingerprint density at radius 2 is 2.31 bits per heavy atom. The topological polar surface area (TPSA) is 40.7 Å². The molecule has 0 aliphatic rings. The van der Waals surface area contributed by atoms with Crippen LogP contribution in [0.2, 0.25) is 0 Å². The average Bonchev–Trinajstić information content (AvgIpc) is 2.66. The molecule has 0 saturated heterocycles. The Labute approximate surface area is 101 Å². The Morgan fingerprint density at radius 1 is 1.50 bits per heavy atom. The summed E-state index contributed by atoms with van der Waals surface area (Å²) in [6, 6.07) is 4.55. The van der Waals surface area contributed by atoms with Gasteiger partial charge in [-0.25, -0.2) is 4.39 Å². The van der Waals surface area contributed by atoms with Gasteiger partial charge in [-0.2, -0.15) is 5.10 Å². The number of nitrogens with zero attached hydrogens (tertiary/aromatic N) is 1. The number of halogens is 2. The maximum Gasteiger partial charge on any atom is 0.125 e. The van der Waals surface area contributed by atoms with E-state index in [-0.39, 0.29) is 5.82 Å². The number of anilines is 1. The SMILES string of the molecule is Cc1[nH]ncc1CNc1cc(F)ccc1Br. The van der Waals surface area contributed by atoms with E-state index >= 15 is 0 Å². The first-order chi connectivity index (χ1) is 7.66. The van der Waals surface area contributed by atoms with Gasteiger partial charge in [-0.05, 0) is 41.1 Å². The standard InChI is InChI=1S/C11H11BrFN3/c1-7-8(6-15-16-7)5-14-11-4-9(13)2-3-10(11)12/h2-4,6,14H,5H2,1H3,(H,15,16). The van der Waals surface area contributed by atoms with Crippen LogP contribution in [-0.4, -0.2) is 10.2 Å². The van der Waals surface area contributed by atoms with Crippen LogP contribution in [0.1, 0.15) is 11.3 Å². The zero-order chi connectivity index (χ0) is 11.5. The molecule has 2 aromatic rings. The molecule has 0 unspecified atom stereocenters. The molecule has 1 aromatic carbocycles. The highest BCUT2D eigenvalue weighted by Crippen LogP contribution is 2.23. The number of aryl methyl sites for hydroxylation is 1. The van der Waals surface area contributed by atoms with E-state index in [2.05, 4.69) is 31.4 Å². The summed E-state index contributed by atoms with van der Waals surface area (Å²) in [5, 5.41) is 9.93. The normalized spacial score (nSPS) is 10.4. The summed E-state index contributed by atoms with van der Waals surface area (Å²) in [6.07, 6.45) is 1.76. The van der Waals surface area contributed by atoms with Gasteiger partial charge in [0.05, 0.1) is 11.9 Å². The van der Waals surface area contributed by atoms with Gasteiger partial charge in [0, 0.05) is 22.3 Å². The maximum absolute atomic E-state index is 13.0. The zero-order valence-electron chi connectivity index (χ0n) is 8.72. The van der Waals surface area contributed by atoms with Crippen LogP contribution in [0.3, 0.4) is 0 Å². The molecular weight excluding hydrogens is 273 g/mol. The summed E-state index contributed by atoms with van der Waals surface area (Å²) in [7, 11) is 0. The molecule has 1 heterocycles. The van der Waals surface area contributed by atoms with Crippen molar-refractivity contribution in [3.05, 3.63) is 45.9 Å². The minimum absolute atomic E-state index is 0.255. The van der Waals surface area contributed by atoms with E-state index in [0.717, 1.165) is 21.4 Å². The Bertz CT molecular complexity index is 496. The fraction of sp³-hybridized carbons (Fsp3) is 0.182. The van der Waals surface area contributed by atoms with E-state index in [9.17, 15) is 4.39 Å². The van der Waals surface area contributed by atoms with Crippen LogP contribution in [-0.2, 0) is 6.54 Å². The molecule has 1 aromatic heterocycles. The van der Waals surface area contributed by atoms with Crippen LogP contribution in [0.4, 0.5) is 10.1 Å². The van der Waals surface area contributed by atoms with Crippen LogP contribution in [0.15, 0.2) is 28.9 Å². The third-order valence-electron chi connectivity index (χ3n) is 2.33. The molecule has 0 atom stereocenters. The first-order valence-electron chi connectivity index (χ1n) is 4.84. The highest BCUT2D eigenvalue weighted by atomic mass is 79.9. The van der Waals surface area contributed by atoms with Gasteiger partial charge in [0.15, 0.2) is 0 Å². The van der Waals surface area contributed by atoms with Gasteiger partial charge in [0.1, 0.15) is 5.82 Å². The Balaban J connectivity index is 2.10. The lowest BCUT2D eigenvalue weighted by molar-refractivity contribution is 0.628. The molecule has 2 rings (SSSR count). The second-order valence-electron chi connectivity index (χ2n) is 3.50. The second kappa shape index (κ2) is 4.65. The van der Waals surface area contributed by atoms with Crippen LogP contribution in [0.25, 0.3) is 0 Å². The van der Waals surface area contributed by atoms with Crippen LogP contribution < -0.4 is 5.32 Å². The minimum Gasteiger partial charge on any atom is -0.380 e. The molecule has 16 heavy (non-hydrogen) atoms. The second-order valence-corrected chi connectivity index (χ2v) is 4.35. The van der Waals surface area contributed by atoms with Crippen molar-refractivity contribution in [3.8, 4) is 0 Å². The van der Waals surface area contributed by atoms with E-state index in [4.69, 9.17) is 0 Å². The molecule has 2 N–H and O–H groups in total. The van der Waals surface area contributed by atoms with Crippen molar-refractivity contribution in [1.82, 2.24) is 10.2 Å². The smallest absolute Gasteiger partial charge is 0.125 e. The van der Waals surface area contributed by atoms with Crippen molar-refractivity contribution < 1.29 is 4.39 Å². The Hall–Kier alpha value is -1.36. The van der Waals surface area contributed by atoms with E-state index in [1.54, 1.807) is 12.3 Å². The number of hydrogen-bond acceptors (Lipinski definition) is 2. The summed E-state index contributed by atoms with van der Waals surface area (Å²) >= 11 is 3.36. The van der Waals surface area contributed by atoms with Gasteiger partial charge in [0.25, 0.3) is 0 Å². The molecule has 0 aliphatic heterocycles. The number of rotatable bonds is 3. The first kappa shape index (κ1) is 11.1. The molecule has 0 aliphatic carbocycles. The molecule has 3 nitrogen and oxygen atoms in total. The predicted octanol–water partition coefficient (Wildman–Crippen LogP) is 3.23. The maximum atomic E-state index is 13.0. The largest absolute Gasteiger partial charge is 0.380 e. The summed E-state index contributed by atoms with van der Waals surface area (Å²) in [6.45, 7) is 2.56. The van der Waals surface area contributed by atoms with Crippen LogP contribution in [0, 0.1) is 12.7 Å². The summed E-state index contributed by atoms with van der Waals surface area (Å²) < 4.78 is 13.9. The monoisotopic (exact) mass is 283 g/mol. The molecule has 0 spiro atoms. The lowest BCUT2D eigenvalue weighted by atomic mass is 10.2. The van der Waals surface area contributed by atoms with Gasteiger partial charge in [-0.3, -0.25) is 5.10 Å². The molecule has 0 radical (unpaired) electrons. The van der Waals surface area contributed by atoms with Crippen molar-refractivity contribution >= 4 is 21.6 Å². The molecule has 0 amide bonds. The van der Waals surface area contributed by atoms with E-state index in [0.29, 0.717) is 6.54 Å². The first-order valence-corrected chi connectivity index (χ1v) is 5.64. The quantitative estimate of drug-likeness (QED) is 0.908. The average molecular weight is 284 g/mol. The number of hydrogen-bond donors (Lipinski definition) is 2. The van der Waals surface area contributed by atoms with Crippen LogP contribution >= 0.6 is 15.9 Å². The summed E-state index contributed by atoms with van der Waals surface area (Å²) in [5.41, 5.74) is 2.82. The fourth-order valence-corrected chi connectivity index (χ4v) is 1.76. The molecular formula is C11H11BrFN3. The number of H-pyrrole nitrogens is 1. The number of benzene rings is 1. The van der Waals surface area contributed by atoms with Crippen molar-refractivity contribution in [2.75, 3.05) is 5.32 Å². The van der Waals surface area contributed by atoms with E-state index < -0.39 is 0 Å². The highest BCUT2D eigenvalue weighted by molar-refractivity contribution is 9.10. The number of aromatic nitrogens is 2. The van der Waals surface area contributed by atoms with Crippen molar-refractivity contribution in [2.45, 2.75) is 13.5 Å².